The summed E-state index contributed by atoms with van der Waals surface area (Å²) in [5.41, 5.74) is 6.24. The monoisotopic (exact) mass is 267 g/mol. The molecule has 0 bridgehead atoms. The summed E-state index contributed by atoms with van der Waals surface area (Å²) in [6.45, 7) is 1.87. The predicted octanol–water partition coefficient (Wildman–Crippen LogP) is 2.11. The quantitative estimate of drug-likeness (QED) is 0.339. The normalized spacial score (nSPS) is 17.3. The summed E-state index contributed by atoms with van der Waals surface area (Å²) in [6, 6.07) is 5.25. The number of carbonyl (C=O) groups is 1. The molecule has 1 aromatic carbocycles. The number of carbonyl (C=O) groups excluding carboxylic acids is 1. The molecule has 0 aromatic heterocycles. The Kier molecular flexibility index (Phi) is 3.17. The first-order chi connectivity index (χ1) is 8.49. The van der Waals surface area contributed by atoms with Gasteiger partial charge < -0.3 is 16.3 Å². The first kappa shape index (κ1) is 12.7. The zero-order valence-electron chi connectivity index (χ0n) is 9.90. The van der Waals surface area contributed by atoms with Crippen LogP contribution in [0, 0.1) is 12.3 Å². The number of nitrogens with one attached hydrogen (secondary N) is 1. The molecular weight excluding hydrogens is 254 g/mol. The maximum Gasteiger partial charge on any atom is 0.238 e. The summed E-state index contributed by atoms with van der Waals surface area (Å²) >= 11 is 5.88. The first-order valence-corrected chi connectivity index (χ1v) is 5.93. The second-order valence-corrected chi connectivity index (χ2v) is 4.92. The number of halogens is 1. The number of amidine groups is 1. The molecule has 0 aliphatic heterocycles. The molecule has 0 radical (unpaired) electrons. The van der Waals surface area contributed by atoms with Crippen LogP contribution in [0.5, 0.6) is 0 Å². The highest BCUT2D eigenvalue weighted by molar-refractivity contribution is 6.31. The van der Waals surface area contributed by atoms with Crippen molar-refractivity contribution < 1.29 is 10.0 Å². The Morgan fingerprint density at radius 2 is 2.22 bits per heavy atom. The zero-order chi connectivity index (χ0) is 13.3. The molecule has 2 rings (SSSR count). The molecule has 18 heavy (non-hydrogen) atoms. The number of anilines is 1. The molecule has 1 amide bonds. The summed E-state index contributed by atoms with van der Waals surface area (Å²) in [5.74, 6) is -0.303. The van der Waals surface area contributed by atoms with Crippen LogP contribution in [0.3, 0.4) is 0 Å². The van der Waals surface area contributed by atoms with E-state index in [4.69, 9.17) is 22.5 Å². The minimum Gasteiger partial charge on any atom is -0.409 e. The van der Waals surface area contributed by atoms with Gasteiger partial charge in [-0.15, -0.1) is 0 Å². The second-order valence-electron chi connectivity index (χ2n) is 4.48. The smallest absolute Gasteiger partial charge is 0.238 e. The fourth-order valence-corrected chi connectivity index (χ4v) is 1.96. The van der Waals surface area contributed by atoms with Gasteiger partial charge in [0.2, 0.25) is 5.91 Å². The second kappa shape index (κ2) is 4.49. The minimum atomic E-state index is -0.858. The van der Waals surface area contributed by atoms with Gasteiger partial charge in [0.15, 0.2) is 5.84 Å². The number of nitrogens with zero attached hydrogens (tertiary/aromatic N) is 1. The third-order valence-corrected chi connectivity index (χ3v) is 3.47. The van der Waals surface area contributed by atoms with Crippen molar-refractivity contribution in [2.24, 2.45) is 16.3 Å². The topological polar surface area (TPSA) is 87.7 Å². The standard InChI is InChI=1S/C12H14ClN3O2/c1-7-2-3-8(13)6-9(7)15-11(17)12(4-5-12)10(14)16-18/h2-3,6,18H,4-5H2,1H3,(H2,14,16)(H,15,17). The predicted molar refractivity (Wildman–Crippen MR) is 69.9 cm³/mol. The van der Waals surface area contributed by atoms with Crippen LogP contribution < -0.4 is 11.1 Å². The van der Waals surface area contributed by atoms with Crippen LogP contribution in [-0.4, -0.2) is 17.0 Å². The summed E-state index contributed by atoms with van der Waals surface area (Å²) in [6.07, 6.45) is 1.18. The van der Waals surface area contributed by atoms with Crippen molar-refractivity contribution in [3.05, 3.63) is 28.8 Å². The van der Waals surface area contributed by atoms with Crippen molar-refractivity contribution >= 4 is 29.0 Å². The van der Waals surface area contributed by atoms with Crippen molar-refractivity contribution in [3.63, 3.8) is 0 Å². The molecular formula is C12H14ClN3O2. The van der Waals surface area contributed by atoms with Crippen molar-refractivity contribution in [3.8, 4) is 0 Å². The molecule has 1 aliphatic carbocycles. The van der Waals surface area contributed by atoms with E-state index < -0.39 is 5.41 Å². The fourth-order valence-electron chi connectivity index (χ4n) is 1.79. The molecule has 6 heteroatoms. The van der Waals surface area contributed by atoms with Gasteiger partial charge in [-0.25, -0.2) is 0 Å². The molecule has 0 unspecified atom stereocenters. The number of nitrogens with two attached hydrogens (primary N) is 1. The van der Waals surface area contributed by atoms with Crippen molar-refractivity contribution in [2.75, 3.05) is 5.32 Å². The van der Waals surface area contributed by atoms with Gasteiger partial charge >= 0.3 is 0 Å². The maximum absolute atomic E-state index is 12.1. The number of hydrogen-bond acceptors (Lipinski definition) is 3. The third-order valence-electron chi connectivity index (χ3n) is 3.23. The summed E-state index contributed by atoms with van der Waals surface area (Å²) < 4.78 is 0. The molecule has 5 nitrogen and oxygen atoms in total. The number of rotatable bonds is 3. The maximum atomic E-state index is 12.1. The Labute approximate surface area is 110 Å². The molecule has 1 saturated carbocycles. The lowest BCUT2D eigenvalue weighted by atomic mass is 10.0. The van der Waals surface area contributed by atoms with Crippen LogP contribution in [0.1, 0.15) is 18.4 Å². The molecule has 1 aliphatic rings. The molecule has 1 fully saturated rings. The van der Waals surface area contributed by atoms with Gasteiger partial charge in [0, 0.05) is 10.7 Å². The lowest BCUT2D eigenvalue weighted by molar-refractivity contribution is -0.119. The van der Waals surface area contributed by atoms with E-state index in [9.17, 15) is 4.79 Å². The van der Waals surface area contributed by atoms with Crippen LogP contribution in [-0.2, 0) is 4.79 Å². The lowest BCUT2D eigenvalue weighted by Crippen LogP contribution is -2.36. The first-order valence-electron chi connectivity index (χ1n) is 5.55. The molecule has 0 spiro atoms. The largest absolute Gasteiger partial charge is 0.409 e. The highest BCUT2D eigenvalue weighted by atomic mass is 35.5. The number of hydrogen-bond donors (Lipinski definition) is 3. The number of benzene rings is 1. The van der Waals surface area contributed by atoms with Crippen molar-refractivity contribution in [1.82, 2.24) is 0 Å². The molecule has 96 valence electrons. The van der Waals surface area contributed by atoms with E-state index in [-0.39, 0.29) is 11.7 Å². The molecule has 0 atom stereocenters. The lowest BCUT2D eigenvalue weighted by Gasteiger charge is -2.15. The van der Waals surface area contributed by atoms with E-state index in [0.29, 0.717) is 23.6 Å². The molecule has 4 N–H and O–H groups in total. The molecule has 0 saturated heterocycles. The van der Waals surface area contributed by atoms with E-state index in [1.165, 1.54) is 0 Å². The van der Waals surface area contributed by atoms with Crippen LogP contribution in [0.4, 0.5) is 5.69 Å². The van der Waals surface area contributed by atoms with Crippen LogP contribution in [0.25, 0.3) is 0 Å². The van der Waals surface area contributed by atoms with Gasteiger partial charge in [-0.05, 0) is 37.5 Å². The minimum absolute atomic E-state index is 0.0420. The third kappa shape index (κ3) is 2.13. The van der Waals surface area contributed by atoms with Crippen LogP contribution in [0.2, 0.25) is 5.02 Å². The van der Waals surface area contributed by atoms with Gasteiger partial charge in [-0.1, -0.05) is 22.8 Å². The Bertz CT molecular complexity index is 524. The number of aryl methyl sites for hydroxylation is 1. The van der Waals surface area contributed by atoms with Crippen LogP contribution >= 0.6 is 11.6 Å². The number of oxime groups is 1. The van der Waals surface area contributed by atoms with Gasteiger partial charge in [-0.3, -0.25) is 4.79 Å². The highest BCUT2D eigenvalue weighted by Crippen LogP contribution is 2.46. The Hall–Kier alpha value is -1.75. The van der Waals surface area contributed by atoms with E-state index in [1.54, 1.807) is 12.1 Å². The Morgan fingerprint density at radius 1 is 1.56 bits per heavy atom. The summed E-state index contributed by atoms with van der Waals surface area (Å²) in [7, 11) is 0. The fraction of sp³-hybridized carbons (Fsp3) is 0.333. The van der Waals surface area contributed by atoms with Crippen molar-refractivity contribution in [1.29, 1.82) is 0 Å². The van der Waals surface area contributed by atoms with Gasteiger partial charge in [0.05, 0.1) is 0 Å². The van der Waals surface area contributed by atoms with E-state index in [1.807, 2.05) is 13.0 Å². The van der Waals surface area contributed by atoms with Gasteiger partial charge in [0.1, 0.15) is 5.41 Å². The van der Waals surface area contributed by atoms with E-state index in [2.05, 4.69) is 10.5 Å². The Balaban J connectivity index is 2.20. The average Bonchev–Trinajstić information content (AvgIpc) is 3.14. The zero-order valence-corrected chi connectivity index (χ0v) is 10.7. The van der Waals surface area contributed by atoms with Gasteiger partial charge in [-0.2, -0.15) is 0 Å². The van der Waals surface area contributed by atoms with E-state index >= 15 is 0 Å². The summed E-state index contributed by atoms with van der Waals surface area (Å²) in [4.78, 5) is 12.1. The van der Waals surface area contributed by atoms with Crippen molar-refractivity contribution in [2.45, 2.75) is 19.8 Å². The van der Waals surface area contributed by atoms with Gasteiger partial charge in [0.25, 0.3) is 0 Å². The highest BCUT2D eigenvalue weighted by Gasteiger charge is 2.54. The molecule has 0 heterocycles. The van der Waals surface area contributed by atoms with Crippen LogP contribution in [0.15, 0.2) is 23.4 Å². The summed E-state index contributed by atoms with van der Waals surface area (Å²) in [5, 5.41) is 14.9. The SMILES string of the molecule is Cc1ccc(Cl)cc1NC(=O)C1(/C(N)=N/O)CC1. The number of amides is 1. The van der Waals surface area contributed by atoms with E-state index in [0.717, 1.165) is 5.56 Å². The average molecular weight is 268 g/mol. The molecule has 1 aromatic rings. The Morgan fingerprint density at radius 3 is 2.78 bits per heavy atom.